The van der Waals surface area contributed by atoms with E-state index in [-0.39, 0.29) is 12.2 Å². The van der Waals surface area contributed by atoms with Gasteiger partial charge in [0, 0.05) is 0 Å². The number of rotatable bonds is 5. The first-order valence-electron chi connectivity index (χ1n) is 7.41. The Morgan fingerprint density at radius 2 is 1.75 bits per heavy atom. The predicted molar refractivity (Wildman–Crippen MR) is 84.9 cm³/mol. The van der Waals surface area contributed by atoms with E-state index in [4.69, 9.17) is 9.84 Å². The van der Waals surface area contributed by atoms with E-state index < -0.39 is 24.0 Å². The number of ether oxygens (including phenoxy) is 1. The molecule has 0 saturated heterocycles. The summed E-state index contributed by atoms with van der Waals surface area (Å²) < 4.78 is 34.9. The molecule has 124 valence electrons. The molecule has 0 bridgehead atoms. The van der Waals surface area contributed by atoms with E-state index in [0.29, 0.717) is 5.69 Å². The van der Waals surface area contributed by atoms with E-state index in [9.17, 15) is 8.78 Å². The Kier molecular flexibility index (Phi) is 4.57. The first kappa shape index (κ1) is 16.1. The van der Waals surface area contributed by atoms with Crippen LogP contribution in [0.4, 0.5) is 8.78 Å². The highest BCUT2D eigenvalue weighted by molar-refractivity contribution is 5.34. The van der Waals surface area contributed by atoms with Gasteiger partial charge in [0.15, 0.2) is 17.4 Å². The van der Waals surface area contributed by atoms with E-state index in [1.54, 1.807) is 10.7 Å². The van der Waals surface area contributed by atoms with Crippen molar-refractivity contribution in [2.24, 2.45) is 0 Å². The molecule has 3 rings (SSSR count). The lowest BCUT2D eigenvalue weighted by atomic mass is 10.2. The Bertz CT molecular complexity index is 824. The molecule has 0 unspecified atom stereocenters. The number of aryl methyl sites for hydroxylation is 1. The molecule has 0 aliphatic heterocycles. The average molecular weight is 330 g/mol. The van der Waals surface area contributed by atoms with Crippen molar-refractivity contribution in [2.75, 3.05) is 0 Å². The molecule has 0 atom stereocenters. The Morgan fingerprint density at radius 1 is 1.08 bits per heavy atom. The number of halogens is 2. The zero-order valence-corrected chi connectivity index (χ0v) is 13.0. The second-order valence-electron chi connectivity index (χ2n) is 5.36. The highest BCUT2D eigenvalue weighted by Gasteiger charge is 2.15. The minimum absolute atomic E-state index is 0.0396. The van der Waals surface area contributed by atoms with Gasteiger partial charge in [-0.2, -0.15) is 5.10 Å². The van der Waals surface area contributed by atoms with Gasteiger partial charge in [-0.1, -0.05) is 18.2 Å². The van der Waals surface area contributed by atoms with Crippen molar-refractivity contribution in [1.82, 2.24) is 9.78 Å². The molecule has 1 N–H and O–H groups in total. The van der Waals surface area contributed by atoms with E-state index >= 15 is 0 Å². The van der Waals surface area contributed by atoms with Crippen LogP contribution in [-0.4, -0.2) is 14.9 Å². The molecular weight excluding hydrogens is 314 g/mol. The van der Waals surface area contributed by atoms with Crippen molar-refractivity contribution in [3.05, 3.63) is 77.1 Å². The van der Waals surface area contributed by atoms with Crippen LogP contribution >= 0.6 is 0 Å². The van der Waals surface area contributed by atoms with Gasteiger partial charge >= 0.3 is 0 Å². The molecule has 0 spiro atoms. The molecule has 0 fully saturated rings. The standard InChI is InChI=1S/C18H16F2N2O2/c1-12-7-15(22(21-12)14-5-3-2-4-6-14)11-24-18-16(19)8-13(10-23)9-17(18)20/h2-9,23H,10-11H2,1H3. The lowest BCUT2D eigenvalue weighted by molar-refractivity contribution is 0.261. The number of nitrogens with zero attached hydrogens (tertiary/aromatic N) is 2. The van der Waals surface area contributed by atoms with Gasteiger partial charge in [0.25, 0.3) is 0 Å². The molecule has 3 aromatic rings. The van der Waals surface area contributed by atoms with Crippen molar-refractivity contribution in [3.8, 4) is 11.4 Å². The van der Waals surface area contributed by atoms with Crippen molar-refractivity contribution in [3.63, 3.8) is 0 Å². The number of hydrogen-bond acceptors (Lipinski definition) is 3. The normalized spacial score (nSPS) is 10.8. The first-order chi connectivity index (χ1) is 11.6. The summed E-state index contributed by atoms with van der Waals surface area (Å²) in [5.41, 5.74) is 2.43. The van der Waals surface area contributed by atoms with Crippen LogP contribution in [0.1, 0.15) is 17.0 Å². The summed E-state index contributed by atoms with van der Waals surface area (Å²) in [5.74, 6) is -2.16. The van der Waals surface area contributed by atoms with Gasteiger partial charge in [0.2, 0.25) is 0 Å². The number of aliphatic hydroxyl groups is 1. The zero-order valence-electron chi connectivity index (χ0n) is 13.0. The van der Waals surface area contributed by atoms with Crippen molar-refractivity contribution in [2.45, 2.75) is 20.1 Å². The molecular formula is C18H16F2N2O2. The fraction of sp³-hybridized carbons (Fsp3) is 0.167. The average Bonchev–Trinajstić information content (AvgIpc) is 2.95. The molecule has 0 amide bonds. The van der Waals surface area contributed by atoms with Crippen molar-refractivity contribution in [1.29, 1.82) is 0 Å². The molecule has 6 heteroatoms. The van der Waals surface area contributed by atoms with Crippen LogP contribution < -0.4 is 4.74 Å². The van der Waals surface area contributed by atoms with Crippen LogP contribution in [0.15, 0.2) is 48.5 Å². The van der Waals surface area contributed by atoms with Gasteiger partial charge in [-0.3, -0.25) is 0 Å². The Hall–Kier alpha value is -2.73. The molecule has 1 aromatic heterocycles. The van der Waals surface area contributed by atoms with Crippen molar-refractivity contribution >= 4 is 0 Å². The van der Waals surface area contributed by atoms with Gasteiger partial charge in [0.1, 0.15) is 6.61 Å². The van der Waals surface area contributed by atoms with Crippen LogP contribution in [0.2, 0.25) is 0 Å². The fourth-order valence-electron chi connectivity index (χ4n) is 2.44. The molecule has 0 aliphatic carbocycles. The quantitative estimate of drug-likeness (QED) is 0.778. The van der Waals surface area contributed by atoms with E-state index in [1.807, 2.05) is 37.3 Å². The third-order valence-corrected chi connectivity index (χ3v) is 3.51. The summed E-state index contributed by atoms with van der Waals surface area (Å²) in [6, 6.07) is 13.3. The van der Waals surface area contributed by atoms with Crippen LogP contribution in [0.5, 0.6) is 5.75 Å². The third-order valence-electron chi connectivity index (χ3n) is 3.51. The summed E-state index contributed by atoms with van der Waals surface area (Å²) >= 11 is 0. The number of hydrogen-bond donors (Lipinski definition) is 1. The van der Waals surface area contributed by atoms with Crippen LogP contribution in [0, 0.1) is 18.6 Å². The Labute approximate surface area is 137 Å². The third kappa shape index (κ3) is 3.28. The molecule has 24 heavy (non-hydrogen) atoms. The molecule has 1 heterocycles. The maximum absolute atomic E-state index is 13.9. The zero-order chi connectivity index (χ0) is 17.1. The van der Waals surface area contributed by atoms with Crippen molar-refractivity contribution < 1.29 is 18.6 Å². The lowest BCUT2D eigenvalue weighted by Gasteiger charge is -2.11. The summed E-state index contributed by atoms with van der Waals surface area (Å²) in [4.78, 5) is 0. The number of aromatic nitrogens is 2. The van der Waals surface area contributed by atoms with Crippen LogP contribution in [-0.2, 0) is 13.2 Å². The first-order valence-corrected chi connectivity index (χ1v) is 7.41. The van der Waals surface area contributed by atoms with E-state index in [0.717, 1.165) is 23.5 Å². The topological polar surface area (TPSA) is 47.3 Å². The lowest BCUT2D eigenvalue weighted by Crippen LogP contribution is -2.07. The minimum atomic E-state index is -0.846. The monoisotopic (exact) mass is 330 g/mol. The Morgan fingerprint density at radius 3 is 2.38 bits per heavy atom. The molecule has 4 nitrogen and oxygen atoms in total. The summed E-state index contributed by atoms with van der Waals surface area (Å²) in [6.07, 6.45) is 0. The number of para-hydroxylation sites is 1. The van der Waals surface area contributed by atoms with Crippen LogP contribution in [0.25, 0.3) is 5.69 Å². The molecule has 2 aromatic carbocycles. The van der Waals surface area contributed by atoms with Gasteiger partial charge in [-0.05, 0) is 42.8 Å². The van der Waals surface area contributed by atoms with E-state index in [2.05, 4.69) is 5.10 Å². The predicted octanol–water partition coefficient (Wildman–Crippen LogP) is 3.53. The summed E-state index contributed by atoms with van der Waals surface area (Å²) in [5, 5.41) is 13.3. The second kappa shape index (κ2) is 6.80. The Balaban J connectivity index is 1.86. The molecule has 0 saturated carbocycles. The molecule has 0 aliphatic rings. The number of benzene rings is 2. The smallest absolute Gasteiger partial charge is 0.191 e. The van der Waals surface area contributed by atoms with E-state index in [1.165, 1.54) is 0 Å². The second-order valence-corrected chi connectivity index (χ2v) is 5.36. The van der Waals surface area contributed by atoms with Gasteiger partial charge in [0.05, 0.1) is 23.7 Å². The SMILES string of the molecule is Cc1cc(COc2c(F)cc(CO)cc2F)n(-c2ccccc2)n1. The maximum atomic E-state index is 13.9. The number of aliphatic hydroxyl groups excluding tert-OH is 1. The highest BCUT2D eigenvalue weighted by atomic mass is 19.1. The van der Waals surface area contributed by atoms with Gasteiger partial charge in [-0.15, -0.1) is 0 Å². The molecule has 0 radical (unpaired) electrons. The largest absolute Gasteiger partial charge is 0.481 e. The summed E-state index contributed by atoms with van der Waals surface area (Å²) in [7, 11) is 0. The van der Waals surface area contributed by atoms with Gasteiger partial charge in [-0.25, -0.2) is 13.5 Å². The van der Waals surface area contributed by atoms with Gasteiger partial charge < -0.3 is 9.84 Å². The fourth-order valence-corrected chi connectivity index (χ4v) is 2.44. The summed E-state index contributed by atoms with van der Waals surface area (Å²) in [6.45, 7) is 1.36. The minimum Gasteiger partial charge on any atom is -0.481 e. The highest BCUT2D eigenvalue weighted by Crippen LogP contribution is 2.25. The maximum Gasteiger partial charge on any atom is 0.191 e. The van der Waals surface area contributed by atoms with Crippen LogP contribution in [0.3, 0.4) is 0 Å².